The van der Waals surface area contributed by atoms with Gasteiger partial charge in [-0.3, -0.25) is 9.59 Å². The van der Waals surface area contributed by atoms with Crippen LogP contribution in [-0.2, 0) is 17.8 Å². The monoisotopic (exact) mass is 338 g/mol. The SMILES string of the molecule is Cc1ccn(NCc2ccnn2-c2ccccc2)c(=O)c1CC(=O)O. The van der Waals surface area contributed by atoms with E-state index in [2.05, 4.69) is 10.5 Å². The highest BCUT2D eigenvalue weighted by molar-refractivity contribution is 5.70. The molecule has 0 fully saturated rings. The van der Waals surface area contributed by atoms with Crippen LogP contribution in [0.25, 0.3) is 5.69 Å². The molecule has 0 amide bonds. The van der Waals surface area contributed by atoms with Gasteiger partial charge in [-0.1, -0.05) is 18.2 Å². The second-order valence-corrected chi connectivity index (χ2v) is 5.63. The van der Waals surface area contributed by atoms with Crippen molar-refractivity contribution in [2.75, 3.05) is 5.43 Å². The van der Waals surface area contributed by atoms with Gasteiger partial charge in [0.2, 0.25) is 0 Å². The summed E-state index contributed by atoms with van der Waals surface area (Å²) in [5, 5.41) is 13.3. The smallest absolute Gasteiger partial charge is 0.308 e. The molecule has 0 aliphatic heterocycles. The lowest BCUT2D eigenvalue weighted by atomic mass is 10.1. The number of nitrogens with zero attached hydrogens (tertiary/aromatic N) is 3. The molecule has 3 rings (SSSR count). The summed E-state index contributed by atoms with van der Waals surface area (Å²) in [6.07, 6.45) is 3.00. The van der Waals surface area contributed by atoms with Crippen molar-refractivity contribution in [1.82, 2.24) is 14.5 Å². The van der Waals surface area contributed by atoms with Crippen LogP contribution in [0.4, 0.5) is 0 Å². The number of para-hydroxylation sites is 1. The number of nitrogens with one attached hydrogen (secondary N) is 1. The van der Waals surface area contributed by atoms with Gasteiger partial charge >= 0.3 is 5.97 Å². The predicted octanol–water partition coefficient (Wildman–Crippen LogP) is 1.71. The molecule has 1 aromatic carbocycles. The quantitative estimate of drug-likeness (QED) is 0.714. The summed E-state index contributed by atoms with van der Waals surface area (Å²) in [7, 11) is 0. The van der Waals surface area contributed by atoms with Crippen LogP contribution in [0, 0.1) is 6.92 Å². The van der Waals surface area contributed by atoms with Crippen molar-refractivity contribution in [2.24, 2.45) is 0 Å². The van der Waals surface area contributed by atoms with E-state index < -0.39 is 5.97 Å². The van der Waals surface area contributed by atoms with Crippen molar-refractivity contribution < 1.29 is 9.90 Å². The van der Waals surface area contributed by atoms with Crippen LogP contribution in [0.5, 0.6) is 0 Å². The van der Waals surface area contributed by atoms with Gasteiger partial charge in [0, 0.05) is 18.0 Å². The van der Waals surface area contributed by atoms with E-state index in [4.69, 9.17) is 5.11 Å². The molecule has 0 aliphatic rings. The summed E-state index contributed by atoms with van der Waals surface area (Å²) < 4.78 is 3.10. The summed E-state index contributed by atoms with van der Waals surface area (Å²) >= 11 is 0. The van der Waals surface area contributed by atoms with E-state index in [9.17, 15) is 9.59 Å². The number of hydrogen-bond acceptors (Lipinski definition) is 4. The fourth-order valence-corrected chi connectivity index (χ4v) is 2.59. The van der Waals surface area contributed by atoms with E-state index in [1.54, 1.807) is 30.1 Å². The maximum Gasteiger partial charge on any atom is 0.308 e. The minimum atomic E-state index is -1.03. The van der Waals surface area contributed by atoms with E-state index in [1.807, 2.05) is 36.4 Å². The molecule has 2 heterocycles. The van der Waals surface area contributed by atoms with Crippen LogP contribution in [-0.4, -0.2) is 25.5 Å². The molecule has 3 aromatic rings. The summed E-state index contributed by atoms with van der Waals surface area (Å²) in [5.74, 6) is -1.03. The molecule has 0 atom stereocenters. The van der Waals surface area contributed by atoms with Gasteiger partial charge in [-0.2, -0.15) is 5.10 Å². The first-order chi connectivity index (χ1) is 12.1. The molecule has 25 heavy (non-hydrogen) atoms. The van der Waals surface area contributed by atoms with Gasteiger partial charge in [0.05, 0.1) is 24.3 Å². The number of carbonyl (C=O) groups is 1. The number of aromatic nitrogens is 3. The number of aryl methyl sites for hydroxylation is 1. The first kappa shape index (κ1) is 16.5. The van der Waals surface area contributed by atoms with Crippen molar-refractivity contribution in [3.63, 3.8) is 0 Å². The predicted molar refractivity (Wildman–Crippen MR) is 93.4 cm³/mol. The highest BCUT2D eigenvalue weighted by Gasteiger charge is 2.11. The Morgan fingerprint density at radius 3 is 2.68 bits per heavy atom. The van der Waals surface area contributed by atoms with Crippen molar-refractivity contribution in [3.8, 4) is 5.69 Å². The Labute approximate surface area is 144 Å². The van der Waals surface area contributed by atoms with Crippen molar-refractivity contribution in [3.05, 3.63) is 82.0 Å². The van der Waals surface area contributed by atoms with Crippen LogP contribution in [0.3, 0.4) is 0 Å². The van der Waals surface area contributed by atoms with Gasteiger partial charge < -0.3 is 10.5 Å². The molecule has 0 radical (unpaired) electrons. The molecule has 2 N–H and O–H groups in total. The number of rotatable bonds is 6. The second kappa shape index (κ2) is 7.04. The summed E-state index contributed by atoms with van der Waals surface area (Å²) in [5.41, 5.74) is 5.40. The topological polar surface area (TPSA) is 89.2 Å². The first-order valence-corrected chi connectivity index (χ1v) is 7.81. The molecular weight excluding hydrogens is 320 g/mol. The zero-order valence-corrected chi connectivity index (χ0v) is 13.7. The Kier molecular flexibility index (Phi) is 4.65. The van der Waals surface area contributed by atoms with Crippen LogP contribution in [0.1, 0.15) is 16.8 Å². The lowest BCUT2D eigenvalue weighted by Gasteiger charge is -2.13. The van der Waals surface area contributed by atoms with E-state index >= 15 is 0 Å². The third-order valence-corrected chi connectivity index (χ3v) is 3.91. The average Bonchev–Trinajstić information content (AvgIpc) is 3.07. The Bertz CT molecular complexity index is 944. The number of benzene rings is 1. The van der Waals surface area contributed by atoms with Crippen molar-refractivity contribution >= 4 is 5.97 Å². The molecule has 0 aliphatic carbocycles. The van der Waals surface area contributed by atoms with E-state index in [-0.39, 0.29) is 17.5 Å². The highest BCUT2D eigenvalue weighted by atomic mass is 16.4. The Morgan fingerprint density at radius 1 is 1.20 bits per heavy atom. The molecule has 128 valence electrons. The number of pyridine rings is 1. The van der Waals surface area contributed by atoms with Crippen LogP contribution >= 0.6 is 0 Å². The lowest BCUT2D eigenvalue weighted by molar-refractivity contribution is -0.136. The molecule has 0 unspecified atom stereocenters. The third kappa shape index (κ3) is 3.60. The van der Waals surface area contributed by atoms with Crippen LogP contribution in [0.2, 0.25) is 0 Å². The minimum Gasteiger partial charge on any atom is -0.481 e. The van der Waals surface area contributed by atoms with Crippen molar-refractivity contribution in [2.45, 2.75) is 19.9 Å². The maximum absolute atomic E-state index is 12.5. The average molecular weight is 338 g/mol. The molecule has 7 nitrogen and oxygen atoms in total. The fraction of sp³-hybridized carbons (Fsp3) is 0.167. The van der Waals surface area contributed by atoms with Gasteiger partial charge in [-0.25, -0.2) is 9.36 Å². The van der Waals surface area contributed by atoms with Crippen molar-refractivity contribution in [1.29, 1.82) is 0 Å². The van der Waals surface area contributed by atoms with E-state index in [1.165, 1.54) is 4.68 Å². The van der Waals surface area contributed by atoms with Gasteiger partial charge in [-0.05, 0) is 36.8 Å². The Morgan fingerprint density at radius 2 is 1.96 bits per heavy atom. The molecule has 0 saturated carbocycles. The zero-order chi connectivity index (χ0) is 17.8. The van der Waals surface area contributed by atoms with Crippen LogP contribution in [0.15, 0.2) is 59.7 Å². The molecule has 0 spiro atoms. The number of hydrogen-bond donors (Lipinski definition) is 2. The largest absolute Gasteiger partial charge is 0.481 e. The molecule has 0 saturated heterocycles. The summed E-state index contributed by atoms with van der Waals surface area (Å²) in [6.45, 7) is 2.10. The zero-order valence-electron chi connectivity index (χ0n) is 13.7. The van der Waals surface area contributed by atoms with Gasteiger partial charge in [-0.15, -0.1) is 0 Å². The maximum atomic E-state index is 12.5. The molecule has 2 aromatic heterocycles. The van der Waals surface area contributed by atoms with E-state index in [0.29, 0.717) is 12.1 Å². The number of carboxylic acid groups (broad SMARTS) is 1. The Balaban J connectivity index is 1.83. The standard InChI is InChI=1S/C18H18N4O3/c1-13-8-10-21(18(25)16(13)11-17(23)24)20-12-15-7-9-19-22(15)14-5-3-2-4-6-14/h2-10,20H,11-12H2,1H3,(H,23,24). The number of aliphatic carboxylic acids is 1. The summed E-state index contributed by atoms with van der Waals surface area (Å²) in [4.78, 5) is 23.4. The first-order valence-electron chi connectivity index (χ1n) is 7.81. The second-order valence-electron chi connectivity index (χ2n) is 5.63. The van der Waals surface area contributed by atoms with Crippen LogP contribution < -0.4 is 11.0 Å². The number of carboxylic acids is 1. The van der Waals surface area contributed by atoms with Gasteiger partial charge in [0.25, 0.3) is 5.56 Å². The molecular formula is C18H18N4O3. The van der Waals surface area contributed by atoms with Gasteiger partial charge in [0.1, 0.15) is 0 Å². The fourth-order valence-electron chi connectivity index (χ4n) is 2.59. The summed E-state index contributed by atoms with van der Waals surface area (Å²) in [6, 6.07) is 13.3. The minimum absolute atomic E-state index is 0.277. The Hall–Kier alpha value is -3.35. The molecule has 7 heteroatoms. The highest BCUT2D eigenvalue weighted by Crippen LogP contribution is 2.10. The van der Waals surface area contributed by atoms with E-state index in [0.717, 1.165) is 11.4 Å². The lowest BCUT2D eigenvalue weighted by Crippen LogP contribution is -2.32. The van der Waals surface area contributed by atoms with Gasteiger partial charge in [0.15, 0.2) is 0 Å². The molecule has 0 bridgehead atoms. The normalized spacial score (nSPS) is 10.6. The third-order valence-electron chi connectivity index (χ3n) is 3.91.